The summed E-state index contributed by atoms with van der Waals surface area (Å²) < 4.78 is 5.84. The molecule has 0 unspecified atom stereocenters. The van der Waals surface area contributed by atoms with E-state index in [1.807, 2.05) is 61.5 Å². The van der Waals surface area contributed by atoms with E-state index in [-0.39, 0.29) is 0 Å². The van der Waals surface area contributed by atoms with Crippen molar-refractivity contribution in [1.82, 2.24) is 15.2 Å². The average Bonchev–Trinajstić information content (AvgIpc) is 3.15. The van der Waals surface area contributed by atoms with Gasteiger partial charge in [0, 0.05) is 11.3 Å². The van der Waals surface area contributed by atoms with Crippen LogP contribution in [0.3, 0.4) is 0 Å². The van der Waals surface area contributed by atoms with Crippen molar-refractivity contribution in [3.05, 3.63) is 90.2 Å². The van der Waals surface area contributed by atoms with Gasteiger partial charge in [-0.15, -0.1) is 5.10 Å². The van der Waals surface area contributed by atoms with Crippen molar-refractivity contribution in [3.8, 4) is 17.1 Å². The molecule has 0 fully saturated rings. The first-order valence-electron chi connectivity index (χ1n) is 9.10. The fourth-order valence-electron chi connectivity index (χ4n) is 2.67. The van der Waals surface area contributed by atoms with Crippen molar-refractivity contribution < 1.29 is 4.74 Å². The van der Waals surface area contributed by atoms with Gasteiger partial charge in [0.15, 0.2) is 5.82 Å². The number of H-pyrrole nitrogens is 1. The maximum absolute atomic E-state index is 5.84. The predicted octanol–water partition coefficient (Wildman–Crippen LogP) is 5.86. The second-order valence-electron chi connectivity index (χ2n) is 6.31. The van der Waals surface area contributed by atoms with Crippen LogP contribution >= 0.6 is 0 Å². The van der Waals surface area contributed by atoms with E-state index in [1.54, 1.807) is 6.08 Å². The molecule has 2 N–H and O–H groups in total. The lowest BCUT2D eigenvalue weighted by atomic mass is 10.1. The fourth-order valence-corrected chi connectivity index (χ4v) is 2.67. The van der Waals surface area contributed by atoms with Crippen molar-refractivity contribution in [2.45, 2.75) is 20.8 Å². The third-order valence-corrected chi connectivity index (χ3v) is 4.31. The Labute approximate surface area is 165 Å². The summed E-state index contributed by atoms with van der Waals surface area (Å²) in [4.78, 5) is 4.54. The van der Waals surface area contributed by atoms with E-state index in [0.29, 0.717) is 11.8 Å². The highest BCUT2D eigenvalue weighted by Crippen LogP contribution is 2.24. The third-order valence-electron chi connectivity index (χ3n) is 4.31. The molecular weight excluding hydrogens is 348 g/mol. The predicted molar refractivity (Wildman–Crippen MR) is 115 cm³/mol. The lowest BCUT2D eigenvalue weighted by Crippen LogP contribution is -1.96. The highest BCUT2D eigenvalue weighted by atomic mass is 16.5. The molecule has 0 aliphatic heterocycles. The van der Waals surface area contributed by atoms with Crippen LogP contribution in [0.15, 0.2) is 79.1 Å². The van der Waals surface area contributed by atoms with Gasteiger partial charge in [-0.25, -0.2) is 0 Å². The van der Waals surface area contributed by atoms with Gasteiger partial charge in [0.25, 0.3) is 0 Å². The molecule has 5 heteroatoms. The minimum Gasteiger partial charge on any atom is -0.457 e. The summed E-state index contributed by atoms with van der Waals surface area (Å²) in [5, 5.41) is 10.5. The minimum atomic E-state index is 0.535. The van der Waals surface area contributed by atoms with Gasteiger partial charge in [-0.2, -0.15) is 4.98 Å². The molecule has 142 valence electrons. The topological polar surface area (TPSA) is 62.8 Å². The molecule has 0 aliphatic carbocycles. The smallest absolute Gasteiger partial charge is 0.246 e. The molecule has 0 bridgehead atoms. The van der Waals surface area contributed by atoms with E-state index >= 15 is 0 Å². The van der Waals surface area contributed by atoms with Crippen LogP contribution in [0.25, 0.3) is 11.4 Å². The largest absolute Gasteiger partial charge is 0.457 e. The van der Waals surface area contributed by atoms with Gasteiger partial charge in [0.2, 0.25) is 5.95 Å². The maximum atomic E-state index is 5.84. The molecule has 3 aromatic rings. The molecule has 5 nitrogen and oxygen atoms in total. The maximum Gasteiger partial charge on any atom is 0.246 e. The summed E-state index contributed by atoms with van der Waals surface area (Å²) in [6.45, 7) is 9.81. The number of rotatable bonds is 7. The van der Waals surface area contributed by atoms with Crippen LogP contribution in [0.4, 0.5) is 11.6 Å². The van der Waals surface area contributed by atoms with Gasteiger partial charge in [-0.1, -0.05) is 30.9 Å². The number of benzene rings is 2. The Morgan fingerprint density at radius 3 is 2.64 bits per heavy atom. The monoisotopic (exact) mass is 372 g/mol. The second kappa shape index (κ2) is 8.86. The molecule has 28 heavy (non-hydrogen) atoms. The first-order valence-corrected chi connectivity index (χ1v) is 9.10. The van der Waals surface area contributed by atoms with Gasteiger partial charge >= 0.3 is 0 Å². The summed E-state index contributed by atoms with van der Waals surface area (Å²) in [6.07, 6.45) is 7.32. The van der Waals surface area contributed by atoms with E-state index in [2.05, 4.69) is 47.0 Å². The van der Waals surface area contributed by atoms with Gasteiger partial charge in [-0.3, -0.25) is 5.10 Å². The van der Waals surface area contributed by atoms with Crippen molar-refractivity contribution in [2.24, 2.45) is 0 Å². The Hall–Kier alpha value is -3.60. The van der Waals surface area contributed by atoms with Gasteiger partial charge in [0.1, 0.15) is 11.5 Å². The van der Waals surface area contributed by atoms with E-state index in [1.165, 1.54) is 11.1 Å². The van der Waals surface area contributed by atoms with Crippen molar-refractivity contribution in [1.29, 1.82) is 0 Å². The van der Waals surface area contributed by atoms with Gasteiger partial charge in [0.05, 0.1) is 0 Å². The van der Waals surface area contributed by atoms with E-state index in [0.717, 1.165) is 22.8 Å². The van der Waals surface area contributed by atoms with E-state index in [4.69, 9.17) is 4.74 Å². The first-order chi connectivity index (χ1) is 13.6. The molecule has 0 atom stereocenters. The second-order valence-corrected chi connectivity index (χ2v) is 6.31. The summed E-state index contributed by atoms with van der Waals surface area (Å²) in [5.41, 5.74) is 4.33. The van der Waals surface area contributed by atoms with Crippen LogP contribution in [-0.2, 0) is 0 Å². The molecule has 0 radical (unpaired) electrons. The molecule has 0 saturated carbocycles. The Morgan fingerprint density at radius 1 is 1.14 bits per heavy atom. The summed E-state index contributed by atoms with van der Waals surface area (Å²) in [5.74, 6) is 2.69. The lowest BCUT2D eigenvalue weighted by Gasteiger charge is -2.08. The molecule has 1 aromatic heterocycles. The summed E-state index contributed by atoms with van der Waals surface area (Å²) >= 11 is 0. The number of aryl methyl sites for hydroxylation is 1. The zero-order valence-corrected chi connectivity index (χ0v) is 16.4. The molecule has 1 heterocycles. The molecule has 2 aromatic carbocycles. The van der Waals surface area contributed by atoms with Crippen molar-refractivity contribution in [3.63, 3.8) is 0 Å². The Kier molecular flexibility index (Phi) is 6.07. The number of hydrogen-bond donors (Lipinski definition) is 2. The van der Waals surface area contributed by atoms with Gasteiger partial charge in [-0.05, 0) is 74.4 Å². The molecule has 3 rings (SSSR count). The zero-order valence-electron chi connectivity index (χ0n) is 16.4. The third kappa shape index (κ3) is 4.57. The molecule has 0 amide bonds. The SMILES string of the molecule is C=C/C=C(\C=C/C)Oc1ccc(-c2nc(Nc3cccc(C)c3C)n[nH]2)cc1. The first kappa shape index (κ1) is 19.2. The number of aromatic amines is 1. The molecule has 0 spiro atoms. The molecular formula is C23H24N4O. The normalized spacial score (nSPS) is 11.6. The van der Waals surface area contributed by atoms with Crippen LogP contribution in [0, 0.1) is 13.8 Å². The van der Waals surface area contributed by atoms with Gasteiger partial charge < -0.3 is 10.1 Å². The average molecular weight is 372 g/mol. The standard InChI is InChI=1S/C23H24N4O/c1-5-8-19(9-6-2)28-20-14-12-18(13-15-20)22-25-23(27-26-22)24-21-11-7-10-16(3)17(21)4/h5-15H,1H2,2-4H3,(H2,24,25,26,27)/b9-6-,19-8+. The number of hydrogen-bond acceptors (Lipinski definition) is 4. The van der Waals surface area contributed by atoms with E-state index in [9.17, 15) is 0 Å². The Balaban J connectivity index is 1.74. The van der Waals surface area contributed by atoms with Crippen LogP contribution in [0.1, 0.15) is 18.1 Å². The minimum absolute atomic E-state index is 0.535. The highest BCUT2D eigenvalue weighted by molar-refractivity contribution is 5.63. The number of nitrogens with zero attached hydrogens (tertiary/aromatic N) is 2. The van der Waals surface area contributed by atoms with Crippen molar-refractivity contribution >= 4 is 11.6 Å². The number of aromatic nitrogens is 3. The van der Waals surface area contributed by atoms with E-state index < -0.39 is 0 Å². The highest BCUT2D eigenvalue weighted by Gasteiger charge is 2.08. The van der Waals surface area contributed by atoms with Crippen LogP contribution in [0.5, 0.6) is 5.75 Å². The molecule has 0 aliphatic rings. The zero-order chi connectivity index (χ0) is 19.9. The quantitative estimate of drug-likeness (QED) is 0.403. The Bertz CT molecular complexity index is 1010. The molecule has 0 saturated heterocycles. The lowest BCUT2D eigenvalue weighted by molar-refractivity contribution is 0.444. The number of anilines is 2. The summed E-state index contributed by atoms with van der Waals surface area (Å²) in [7, 11) is 0. The van der Waals surface area contributed by atoms with Crippen LogP contribution < -0.4 is 10.1 Å². The number of ether oxygens (including phenoxy) is 1. The van der Waals surface area contributed by atoms with Crippen molar-refractivity contribution in [2.75, 3.05) is 5.32 Å². The van der Waals surface area contributed by atoms with Crippen LogP contribution in [0.2, 0.25) is 0 Å². The number of nitrogens with one attached hydrogen (secondary N) is 2. The summed E-state index contributed by atoms with van der Waals surface area (Å²) in [6, 6.07) is 13.8. The van der Waals surface area contributed by atoms with Crippen LogP contribution in [-0.4, -0.2) is 15.2 Å². The number of allylic oxidation sites excluding steroid dienone is 4. The fraction of sp³-hybridized carbons (Fsp3) is 0.130. The Morgan fingerprint density at radius 2 is 1.93 bits per heavy atom.